The van der Waals surface area contributed by atoms with E-state index in [1.807, 2.05) is 13.0 Å². The average Bonchev–Trinajstić information content (AvgIpc) is 2.62. The van der Waals surface area contributed by atoms with Gasteiger partial charge in [-0.1, -0.05) is 6.07 Å². The zero-order valence-electron chi connectivity index (χ0n) is 15.0. The Kier molecular flexibility index (Phi) is 9.89. The second kappa shape index (κ2) is 11.6. The van der Waals surface area contributed by atoms with Gasteiger partial charge in [-0.15, -0.1) is 24.0 Å². The molecule has 2 aromatic rings. The Balaban J connectivity index is 0.00000338. The van der Waals surface area contributed by atoms with Crippen molar-refractivity contribution in [2.75, 3.05) is 20.8 Å². The van der Waals surface area contributed by atoms with Crippen LogP contribution in [0.1, 0.15) is 12.5 Å². The van der Waals surface area contributed by atoms with Crippen molar-refractivity contribution in [1.29, 1.82) is 0 Å². The largest absolute Gasteiger partial charge is 0.439 e. The van der Waals surface area contributed by atoms with E-state index in [0.717, 1.165) is 5.56 Å². The highest BCUT2D eigenvalue weighted by Gasteiger charge is 2.05. The minimum atomic E-state index is -0.302. The first-order valence-corrected chi connectivity index (χ1v) is 7.95. The van der Waals surface area contributed by atoms with Crippen LogP contribution in [0.5, 0.6) is 11.6 Å². The van der Waals surface area contributed by atoms with Gasteiger partial charge in [-0.25, -0.2) is 9.37 Å². The quantitative estimate of drug-likeness (QED) is 0.366. The van der Waals surface area contributed by atoms with Crippen molar-refractivity contribution in [3.05, 3.63) is 54.0 Å². The fourth-order valence-corrected chi connectivity index (χ4v) is 2.10. The van der Waals surface area contributed by atoms with E-state index in [1.165, 1.54) is 12.1 Å². The Morgan fingerprint density at radius 3 is 2.54 bits per heavy atom. The summed E-state index contributed by atoms with van der Waals surface area (Å²) in [5, 5.41) is 6.44. The van der Waals surface area contributed by atoms with Crippen molar-refractivity contribution in [3.63, 3.8) is 0 Å². The summed E-state index contributed by atoms with van der Waals surface area (Å²) >= 11 is 0. The van der Waals surface area contributed by atoms with E-state index in [0.29, 0.717) is 30.7 Å². The van der Waals surface area contributed by atoms with Gasteiger partial charge >= 0.3 is 0 Å². The number of halogens is 2. The summed E-state index contributed by atoms with van der Waals surface area (Å²) in [5.41, 5.74) is 0.980. The van der Waals surface area contributed by atoms with Gasteiger partial charge in [0, 0.05) is 39.0 Å². The Hall–Kier alpha value is -1.94. The molecule has 0 saturated carbocycles. The van der Waals surface area contributed by atoms with E-state index in [9.17, 15) is 4.39 Å². The molecule has 1 aromatic heterocycles. The van der Waals surface area contributed by atoms with Gasteiger partial charge in [0.25, 0.3) is 0 Å². The Labute approximate surface area is 170 Å². The van der Waals surface area contributed by atoms with Crippen LogP contribution in [0.15, 0.2) is 47.6 Å². The van der Waals surface area contributed by atoms with Gasteiger partial charge in [0.1, 0.15) is 11.6 Å². The molecule has 0 radical (unpaired) electrons. The lowest BCUT2D eigenvalue weighted by Crippen LogP contribution is -2.43. The summed E-state index contributed by atoms with van der Waals surface area (Å²) in [6, 6.07) is 9.63. The number of guanidine groups is 1. The lowest BCUT2D eigenvalue weighted by molar-refractivity contribution is 0.179. The van der Waals surface area contributed by atoms with Gasteiger partial charge in [0.05, 0.1) is 6.61 Å². The average molecular weight is 474 g/mol. The molecule has 0 amide bonds. The van der Waals surface area contributed by atoms with Gasteiger partial charge in [-0.05, 0) is 36.8 Å². The number of hydrogen-bond donors (Lipinski definition) is 2. The first-order chi connectivity index (χ1) is 12.1. The van der Waals surface area contributed by atoms with E-state index in [2.05, 4.69) is 20.6 Å². The minimum absolute atomic E-state index is 0. The van der Waals surface area contributed by atoms with Crippen molar-refractivity contribution in [2.45, 2.75) is 19.5 Å². The van der Waals surface area contributed by atoms with Crippen LogP contribution in [0.2, 0.25) is 0 Å². The number of aromatic nitrogens is 1. The number of ether oxygens (including phenoxy) is 2. The maximum atomic E-state index is 12.9. The van der Waals surface area contributed by atoms with Crippen molar-refractivity contribution in [2.24, 2.45) is 4.99 Å². The first-order valence-electron chi connectivity index (χ1n) is 7.95. The summed E-state index contributed by atoms with van der Waals surface area (Å²) < 4.78 is 23.5. The van der Waals surface area contributed by atoms with Crippen LogP contribution in [0.3, 0.4) is 0 Å². The third-order valence-corrected chi connectivity index (χ3v) is 3.32. The highest BCUT2D eigenvalue weighted by atomic mass is 127. The Morgan fingerprint density at radius 1 is 1.23 bits per heavy atom. The third-order valence-electron chi connectivity index (χ3n) is 3.32. The van der Waals surface area contributed by atoms with Crippen LogP contribution < -0.4 is 15.4 Å². The van der Waals surface area contributed by atoms with E-state index in [1.54, 1.807) is 38.6 Å². The van der Waals surface area contributed by atoms with E-state index >= 15 is 0 Å². The molecule has 1 atom stereocenters. The highest BCUT2D eigenvalue weighted by Crippen LogP contribution is 2.19. The number of methoxy groups -OCH3 is 1. The highest BCUT2D eigenvalue weighted by molar-refractivity contribution is 14.0. The van der Waals surface area contributed by atoms with Crippen LogP contribution in [0.4, 0.5) is 4.39 Å². The molecule has 0 aliphatic rings. The van der Waals surface area contributed by atoms with Crippen LogP contribution in [-0.4, -0.2) is 37.7 Å². The number of pyridine rings is 1. The lowest BCUT2D eigenvalue weighted by Gasteiger charge is -2.17. The maximum absolute atomic E-state index is 12.9. The van der Waals surface area contributed by atoms with E-state index in [4.69, 9.17) is 9.47 Å². The molecule has 1 heterocycles. The Morgan fingerprint density at radius 2 is 1.96 bits per heavy atom. The molecule has 1 unspecified atom stereocenters. The number of benzene rings is 1. The normalized spacial score (nSPS) is 12.1. The first kappa shape index (κ1) is 22.1. The smallest absolute Gasteiger partial charge is 0.219 e. The number of nitrogens with zero attached hydrogens (tertiary/aromatic N) is 2. The zero-order valence-corrected chi connectivity index (χ0v) is 17.4. The predicted octanol–water partition coefficient (Wildman–Crippen LogP) is 3.33. The second-order valence-corrected chi connectivity index (χ2v) is 5.49. The van der Waals surface area contributed by atoms with Crippen LogP contribution in [0, 0.1) is 5.82 Å². The van der Waals surface area contributed by atoms with E-state index in [-0.39, 0.29) is 35.8 Å². The van der Waals surface area contributed by atoms with Crippen molar-refractivity contribution >= 4 is 29.9 Å². The van der Waals surface area contributed by atoms with Crippen LogP contribution in [-0.2, 0) is 11.3 Å². The van der Waals surface area contributed by atoms with Gasteiger partial charge in [0.15, 0.2) is 5.96 Å². The summed E-state index contributed by atoms with van der Waals surface area (Å²) in [4.78, 5) is 8.42. The molecule has 8 heteroatoms. The van der Waals surface area contributed by atoms with Gasteiger partial charge in [-0.3, -0.25) is 4.99 Å². The summed E-state index contributed by atoms with van der Waals surface area (Å²) in [5.74, 6) is 1.38. The summed E-state index contributed by atoms with van der Waals surface area (Å²) in [6.45, 7) is 3.18. The summed E-state index contributed by atoms with van der Waals surface area (Å²) in [6.07, 6.45) is 1.72. The molecular formula is C18H24FIN4O2. The minimum Gasteiger partial charge on any atom is -0.439 e. The molecule has 26 heavy (non-hydrogen) atoms. The lowest BCUT2D eigenvalue weighted by atomic mass is 10.3. The molecule has 0 bridgehead atoms. The fourth-order valence-electron chi connectivity index (χ4n) is 2.10. The molecule has 142 valence electrons. The number of hydrogen-bond acceptors (Lipinski definition) is 4. The molecule has 2 N–H and O–H groups in total. The number of rotatable bonds is 7. The van der Waals surface area contributed by atoms with Crippen molar-refractivity contribution in [1.82, 2.24) is 15.6 Å². The topological polar surface area (TPSA) is 67.8 Å². The predicted molar refractivity (Wildman–Crippen MR) is 111 cm³/mol. The standard InChI is InChI=1S/C18H23FN4O2.HI/c1-13(12-24-3)23-18(20-2)22-11-14-4-9-17(21-10-14)25-16-7-5-15(19)6-8-16;/h4-10,13H,11-12H2,1-3H3,(H2,20,22,23);1H. The van der Waals surface area contributed by atoms with Crippen LogP contribution >= 0.6 is 24.0 Å². The van der Waals surface area contributed by atoms with Crippen molar-refractivity contribution in [3.8, 4) is 11.6 Å². The SMILES string of the molecule is CN=C(NCc1ccc(Oc2ccc(F)cc2)nc1)NC(C)COC.I. The van der Waals surface area contributed by atoms with Gasteiger partial charge < -0.3 is 20.1 Å². The number of aliphatic imine (C=N–C) groups is 1. The molecule has 1 aromatic carbocycles. The fraction of sp³-hybridized carbons (Fsp3) is 0.333. The zero-order chi connectivity index (χ0) is 18.1. The van der Waals surface area contributed by atoms with E-state index < -0.39 is 0 Å². The molecule has 6 nitrogen and oxygen atoms in total. The molecule has 0 fully saturated rings. The van der Waals surface area contributed by atoms with Crippen LogP contribution in [0.25, 0.3) is 0 Å². The monoisotopic (exact) mass is 474 g/mol. The second-order valence-electron chi connectivity index (χ2n) is 5.49. The molecule has 0 aliphatic heterocycles. The molecule has 2 rings (SSSR count). The Bertz CT molecular complexity index is 681. The molecule has 0 saturated heterocycles. The van der Waals surface area contributed by atoms with Gasteiger partial charge in [0.2, 0.25) is 5.88 Å². The molecule has 0 aliphatic carbocycles. The molecular weight excluding hydrogens is 450 g/mol. The van der Waals surface area contributed by atoms with Gasteiger partial charge in [-0.2, -0.15) is 0 Å². The van der Waals surface area contributed by atoms with Crippen molar-refractivity contribution < 1.29 is 13.9 Å². The third kappa shape index (κ3) is 7.52. The molecule has 0 spiro atoms. The summed E-state index contributed by atoms with van der Waals surface area (Å²) in [7, 11) is 3.38. The maximum Gasteiger partial charge on any atom is 0.219 e. The number of nitrogens with one attached hydrogen (secondary N) is 2.